The van der Waals surface area contributed by atoms with Crippen LogP contribution in [0, 0.1) is 0 Å². The third-order valence-electron chi connectivity index (χ3n) is 2.58. The lowest BCUT2D eigenvalue weighted by Gasteiger charge is -2.12. The van der Waals surface area contributed by atoms with Crippen LogP contribution >= 0.6 is 0 Å². The van der Waals surface area contributed by atoms with Crippen LogP contribution in [0.4, 0.5) is 11.6 Å². The molecule has 0 aromatic carbocycles. The number of nitrogen functional groups attached to an aromatic ring is 1. The van der Waals surface area contributed by atoms with Gasteiger partial charge in [-0.15, -0.1) is 0 Å². The predicted molar refractivity (Wildman–Crippen MR) is 72.0 cm³/mol. The second-order valence-corrected chi connectivity index (χ2v) is 6.18. The lowest BCUT2D eigenvalue weighted by molar-refractivity contribution is 0.597. The summed E-state index contributed by atoms with van der Waals surface area (Å²) in [5.41, 5.74) is 3.34. The third-order valence-corrected chi connectivity index (χ3v) is 4.29. The van der Waals surface area contributed by atoms with Crippen molar-refractivity contribution in [3.8, 4) is 0 Å². The second-order valence-electron chi connectivity index (χ2n) is 3.71. The summed E-state index contributed by atoms with van der Waals surface area (Å²) in [5.74, 6) is 6.75. The summed E-state index contributed by atoms with van der Waals surface area (Å²) < 4.78 is 22.7. The molecule has 1 aromatic rings. The Morgan fingerprint density at radius 1 is 1.28 bits per heavy atom. The zero-order chi connectivity index (χ0) is 13.6. The average Bonchev–Trinajstić information content (AvgIpc) is 2.38. The lowest BCUT2D eigenvalue weighted by atomic mass is 10.2. The normalized spacial score (nSPS) is 11.3. The first-order valence-corrected chi connectivity index (χ1v) is 7.61. The summed E-state index contributed by atoms with van der Waals surface area (Å²) in [6.07, 6.45) is 2.08. The van der Waals surface area contributed by atoms with E-state index in [1.165, 1.54) is 6.33 Å². The fourth-order valence-corrected chi connectivity index (χ4v) is 2.19. The van der Waals surface area contributed by atoms with Gasteiger partial charge < -0.3 is 10.7 Å². The van der Waals surface area contributed by atoms with E-state index in [2.05, 4.69) is 20.7 Å². The quantitative estimate of drug-likeness (QED) is 0.480. The van der Waals surface area contributed by atoms with Crippen LogP contribution in [0.2, 0.25) is 0 Å². The first-order chi connectivity index (χ1) is 8.54. The molecule has 1 heterocycles. The van der Waals surface area contributed by atoms with E-state index in [1.807, 2.05) is 6.92 Å². The van der Waals surface area contributed by atoms with Crippen molar-refractivity contribution in [2.45, 2.75) is 20.3 Å². The predicted octanol–water partition coefficient (Wildman–Crippen LogP) is 0.171. The van der Waals surface area contributed by atoms with Gasteiger partial charge in [-0.25, -0.2) is 24.2 Å². The van der Waals surface area contributed by atoms with Gasteiger partial charge in [0.25, 0.3) is 0 Å². The zero-order valence-electron chi connectivity index (χ0n) is 10.6. The number of hydrazine groups is 1. The van der Waals surface area contributed by atoms with Crippen molar-refractivity contribution in [2.75, 3.05) is 28.8 Å². The highest BCUT2D eigenvalue weighted by molar-refractivity contribution is 7.91. The van der Waals surface area contributed by atoms with Crippen molar-refractivity contribution in [3.05, 3.63) is 11.9 Å². The van der Waals surface area contributed by atoms with Gasteiger partial charge in [0, 0.05) is 17.9 Å². The van der Waals surface area contributed by atoms with Crippen LogP contribution in [0.15, 0.2) is 6.33 Å². The smallest absolute Gasteiger partial charge is 0.151 e. The summed E-state index contributed by atoms with van der Waals surface area (Å²) in [6.45, 7) is 3.91. The van der Waals surface area contributed by atoms with Crippen LogP contribution in [0.5, 0.6) is 0 Å². The Morgan fingerprint density at radius 3 is 2.50 bits per heavy atom. The molecule has 102 valence electrons. The Balaban J connectivity index is 2.73. The highest BCUT2D eigenvalue weighted by Crippen LogP contribution is 2.19. The van der Waals surface area contributed by atoms with Gasteiger partial charge in [-0.1, -0.05) is 13.8 Å². The van der Waals surface area contributed by atoms with Gasteiger partial charge in [0.1, 0.15) is 18.0 Å². The molecule has 7 nitrogen and oxygen atoms in total. The summed E-state index contributed by atoms with van der Waals surface area (Å²) in [4.78, 5) is 8.09. The Morgan fingerprint density at radius 2 is 1.94 bits per heavy atom. The van der Waals surface area contributed by atoms with Gasteiger partial charge in [0.05, 0.1) is 5.75 Å². The Labute approximate surface area is 107 Å². The molecule has 8 heteroatoms. The van der Waals surface area contributed by atoms with E-state index in [9.17, 15) is 8.42 Å². The number of aromatic nitrogens is 2. The number of nitrogens with two attached hydrogens (primary N) is 1. The van der Waals surface area contributed by atoms with Gasteiger partial charge >= 0.3 is 0 Å². The van der Waals surface area contributed by atoms with E-state index in [-0.39, 0.29) is 11.5 Å². The fourth-order valence-electron chi connectivity index (χ4n) is 1.49. The molecule has 1 aromatic heterocycles. The number of hydrogen-bond acceptors (Lipinski definition) is 7. The van der Waals surface area contributed by atoms with Crippen molar-refractivity contribution < 1.29 is 8.42 Å². The molecule has 0 aliphatic heterocycles. The maximum absolute atomic E-state index is 11.4. The van der Waals surface area contributed by atoms with Crippen LogP contribution in [0.3, 0.4) is 0 Å². The molecule has 1 rings (SSSR count). The molecule has 0 aliphatic rings. The van der Waals surface area contributed by atoms with Crippen molar-refractivity contribution in [1.82, 2.24) is 9.97 Å². The summed E-state index contributed by atoms with van der Waals surface area (Å²) in [6, 6.07) is 0. The number of hydrogen-bond donors (Lipinski definition) is 3. The maximum atomic E-state index is 11.4. The van der Waals surface area contributed by atoms with E-state index in [0.29, 0.717) is 24.6 Å². The second kappa shape index (κ2) is 6.50. The Bertz CT molecular complexity index is 489. The van der Waals surface area contributed by atoms with Crippen molar-refractivity contribution in [2.24, 2.45) is 5.84 Å². The van der Waals surface area contributed by atoms with E-state index in [1.54, 1.807) is 6.92 Å². The first kappa shape index (κ1) is 14.7. The molecule has 0 amide bonds. The zero-order valence-corrected chi connectivity index (χ0v) is 11.4. The molecular weight excluding hydrogens is 254 g/mol. The molecule has 0 saturated heterocycles. The van der Waals surface area contributed by atoms with Crippen LogP contribution in [0.1, 0.15) is 19.4 Å². The first-order valence-electron chi connectivity index (χ1n) is 5.78. The average molecular weight is 273 g/mol. The van der Waals surface area contributed by atoms with E-state index in [0.717, 1.165) is 5.56 Å². The molecular formula is C10H19N5O2S. The Kier molecular flexibility index (Phi) is 5.29. The van der Waals surface area contributed by atoms with E-state index < -0.39 is 9.84 Å². The number of anilines is 2. The molecule has 0 unspecified atom stereocenters. The largest absolute Gasteiger partial charge is 0.369 e. The number of rotatable bonds is 7. The fraction of sp³-hybridized carbons (Fsp3) is 0.600. The van der Waals surface area contributed by atoms with Gasteiger partial charge in [0.15, 0.2) is 9.84 Å². The highest BCUT2D eigenvalue weighted by atomic mass is 32.2. The lowest BCUT2D eigenvalue weighted by Crippen LogP contribution is -2.19. The van der Waals surface area contributed by atoms with Crippen molar-refractivity contribution in [1.29, 1.82) is 0 Å². The van der Waals surface area contributed by atoms with Gasteiger partial charge in [-0.05, 0) is 6.42 Å². The van der Waals surface area contributed by atoms with Crippen LogP contribution in [-0.4, -0.2) is 36.4 Å². The van der Waals surface area contributed by atoms with Crippen molar-refractivity contribution in [3.63, 3.8) is 0 Å². The monoisotopic (exact) mass is 273 g/mol. The highest BCUT2D eigenvalue weighted by Gasteiger charge is 2.10. The Hall–Kier alpha value is -1.41. The van der Waals surface area contributed by atoms with E-state index >= 15 is 0 Å². The molecule has 0 atom stereocenters. The molecule has 0 radical (unpaired) electrons. The molecule has 0 bridgehead atoms. The molecule has 0 fully saturated rings. The topological polar surface area (TPSA) is 110 Å². The van der Waals surface area contributed by atoms with Crippen LogP contribution < -0.4 is 16.6 Å². The molecule has 0 spiro atoms. The minimum atomic E-state index is -2.97. The standard InChI is InChI=1S/C10H19N5O2S/c1-3-8-9(13-7-14-10(8)15-11)12-5-6-18(16,17)4-2/h7H,3-6,11H2,1-2H3,(H2,12,13,14,15). The van der Waals surface area contributed by atoms with Crippen molar-refractivity contribution >= 4 is 21.5 Å². The number of sulfone groups is 1. The molecule has 0 aliphatic carbocycles. The van der Waals surface area contributed by atoms with E-state index in [4.69, 9.17) is 5.84 Å². The van der Waals surface area contributed by atoms with Gasteiger partial charge in [-0.3, -0.25) is 0 Å². The summed E-state index contributed by atoms with van der Waals surface area (Å²) >= 11 is 0. The minimum Gasteiger partial charge on any atom is -0.369 e. The molecule has 4 N–H and O–H groups in total. The van der Waals surface area contributed by atoms with Crippen LogP contribution in [0.25, 0.3) is 0 Å². The number of nitrogens with one attached hydrogen (secondary N) is 2. The van der Waals surface area contributed by atoms with Crippen LogP contribution in [-0.2, 0) is 16.3 Å². The maximum Gasteiger partial charge on any atom is 0.151 e. The SMILES string of the molecule is CCc1c(NN)ncnc1NCCS(=O)(=O)CC. The molecule has 18 heavy (non-hydrogen) atoms. The minimum absolute atomic E-state index is 0.0854. The molecule has 0 saturated carbocycles. The third kappa shape index (κ3) is 3.81. The van der Waals surface area contributed by atoms with Gasteiger partial charge in [-0.2, -0.15) is 0 Å². The summed E-state index contributed by atoms with van der Waals surface area (Å²) in [7, 11) is -2.97. The summed E-state index contributed by atoms with van der Waals surface area (Å²) in [5, 5.41) is 3.00. The number of nitrogens with zero attached hydrogens (tertiary/aromatic N) is 2. The van der Waals surface area contributed by atoms with Gasteiger partial charge in [0.2, 0.25) is 0 Å².